The number of halogens is 1. The van der Waals surface area contributed by atoms with Crippen LogP contribution in [0.3, 0.4) is 0 Å². The van der Waals surface area contributed by atoms with Crippen molar-refractivity contribution in [3.63, 3.8) is 0 Å². The van der Waals surface area contributed by atoms with Crippen LogP contribution in [-0.4, -0.2) is 5.91 Å². The molecule has 3 nitrogen and oxygen atoms in total. The average Bonchev–Trinajstić information content (AvgIpc) is 2.45. The molecule has 2 aromatic rings. The van der Waals surface area contributed by atoms with Gasteiger partial charge in [0.25, 0.3) is 0 Å². The van der Waals surface area contributed by atoms with Crippen molar-refractivity contribution < 1.29 is 9.18 Å². The molecule has 1 heterocycles. The number of rotatable bonds is 2. The molecular weight excluding hydrogens is 267 g/mol. The summed E-state index contributed by atoms with van der Waals surface area (Å²) in [7, 11) is 0. The first kappa shape index (κ1) is 13.8. The summed E-state index contributed by atoms with van der Waals surface area (Å²) in [6.45, 7) is 1.85. The molecule has 1 unspecified atom stereocenters. The average molecular weight is 284 g/mol. The lowest BCUT2D eigenvalue weighted by atomic mass is 9.93. The van der Waals surface area contributed by atoms with E-state index in [1.165, 1.54) is 12.1 Å². The van der Waals surface area contributed by atoms with E-state index in [0.29, 0.717) is 12.8 Å². The summed E-state index contributed by atoms with van der Waals surface area (Å²) in [4.78, 5) is 11.4. The summed E-state index contributed by atoms with van der Waals surface area (Å²) in [6.07, 6.45) is 1.20. The van der Waals surface area contributed by atoms with Crippen LogP contribution in [0.5, 0.6) is 0 Å². The van der Waals surface area contributed by atoms with E-state index in [0.717, 1.165) is 27.9 Å². The Balaban J connectivity index is 1.94. The highest BCUT2D eigenvalue weighted by Gasteiger charge is 2.17. The molecule has 1 aliphatic heterocycles. The number of nitrogens with one attached hydrogen (secondary N) is 1. The van der Waals surface area contributed by atoms with Gasteiger partial charge < -0.3 is 11.1 Å². The Hall–Kier alpha value is -2.20. The van der Waals surface area contributed by atoms with Gasteiger partial charge in [-0.05, 0) is 53.8 Å². The zero-order chi connectivity index (χ0) is 15.0. The van der Waals surface area contributed by atoms with E-state index in [1.807, 2.05) is 31.2 Å². The molecule has 108 valence electrons. The van der Waals surface area contributed by atoms with Crippen LogP contribution >= 0.6 is 0 Å². The Bertz CT molecular complexity index is 692. The van der Waals surface area contributed by atoms with Crippen LogP contribution in [0.25, 0.3) is 0 Å². The summed E-state index contributed by atoms with van der Waals surface area (Å²) < 4.78 is 13.5. The molecule has 0 aromatic heterocycles. The van der Waals surface area contributed by atoms with Crippen molar-refractivity contribution in [1.29, 1.82) is 0 Å². The number of fused-ring (bicyclic) bond motifs is 1. The monoisotopic (exact) mass is 284 g/mol. The summed E-state index contributed by atoms with van der Waals surface area (Å²) in [5.41, 5.74) is 10.7. The fourth-order valence-corrected chi connectivity index (χ4v) is 2.73. The molecule has 1 amide bonds. The molecule has 0 saturated carbocycles. The molecule has 0 saturated heterocycles. The summed E-state index contributed by atoms with van der Waals surface area (Å²) in [5.74, 6) is -0.231. The maximum Gasteiger partial charge on any atom is 0.224 e. The Morgan fingerprint density at radius 3 is 2.71 bits per heavy atom. The minimum atomic E-state index is -0.373. The van der Waals surface area contributed by atoms with Gasteiger partial charge in [-0.25, -0.2) is 4.39 Å². The Morgan fingerprint density at radius 2 is 1.95 bits per heavy atom. The van der Waals surface area contributed by atoms with Crippen LogP contribution in [0.4, 0.5) is 10.1 Å². The summed E-state index contributed by atoms with van der Waals surface area (Å²) >= 11 is 0. The SMILES string of the molecule is Cc1cc(F)cc(C(N)c2ccc3c(c2)CCC(=O)N3)c1. The number of benzene rings is 2. The topological polar surface area (TPSA) is 55.1 Å². The van der Waals surface area contributed by atoms with Crippen LogP contribution in [-0.2, 0) is 11.2 Å². The van der Waals surface area contributed by atoms with Gasteiger partial charge in [-0.1, -0.05) is 18.2 Å². The van der Waals surface area contributed by atoms with Crippen molar-refractivity contribution in [2.75, 3.05) is 5.32 Å². The second-order valence-corrected chi connectivity index (χ2v) is 5.50. The zero-order valence-corrected chi connectivity index (χ0v) is 11.8. The zero-order valence-electron chi connectivity index (χ0n) is 11.8. The fourth-order valence-electron chi connectivity index (χ4n) is 2.73. The van der Waals surface area contributed by atoms with Gasteiger partial charge in [-0.2, -0.15) is 0 Å². The van der Waals surface area contributed by atoms with E-state index in [9.17, 15) is 9.18 Å². The van der Waals surface area contributed by atoms with E-state index in [1.54, 1.807) is 0 Å². The van der Waals surface area contributed by atoms with Gasteiger partial charge in [0.2, 0.25) is 5.91 Å². The van der Waals surface area contributed by atoms with Crippen molar-refractivity contribution in [1.82, 2.24) is 0 Å². The van der Waals surface area contributed by atoms with Crippen molar-refractivity contribution in [3.8, 4) is 0 Å². The molecular formula is C17H17FN2O. The van der Waals surface area contributed by atoms with Crippen LogP contribution in [0.2, 0.25) is 0 Å². The Labute approximate surface area is 123 Å². The van der Waals surface area contributed by atoms with E-state index >= 15 is 0 Å². The van der Waals surface area contributed by atoms with Crippen LogP contribution in [0.15, 0.2) is 36.4 Å². The van der Waals surface area contributed by atoms with Crippen LogP contribution < -0.4 is 11.1 Å². The number of carbonyl (C=O) groups is 1. The van der Waals surface area contributed by atoms with Gasteiger partial charge in [0.15, 0.2) is 0 Å². The second kappa shape index (κ2) is 5.30. The lowest BCUT2D eigenvalue weighted by Gasteiger charge is -2.20. The van der Waals surface area contributed by atoms with Crippen molar-refractivity contribution >= 4 is 11.6 Å². The largest absolute Gasteiger partial charge is 0.326 e. The number of hydrogen-bond donors (Lipinski definition) is 2. The minimum absolute atomic E-state index is 0.0419. The molecule has 21 heavy (non-hydrogen) atoms. The number of aryl methyl sites for hydroxylation is 2. The number of hydrogen-bond acceptors (Lipinski definition) is 2. The highest BCUT2D eigenvalue weighted by molar-refractivity contribution is 5.93. The van der Waals surface area contributed by atoms with Gasteiger partial charge in [0, 0.05) is 12.1 Å². The molecule has 2 aromatic carbocycles. The highest BCUT2D eigenvalue weighted by Crippen LogP contribution is 2.28. The first-order valence-electron chi connectivity index (χ1n) is 6.98. The smallest absolute Gasteiger partial charge is 0.224 e. The maximum atomic E-state index is 13.5. The van der Waals surface area contributed by atoms with Crippen LogP contribution in [0, 0.1) is 12.7 Å². The van der Waals surface area contributed by atoms with Crippen molar-refractivity contribution in [2.45, 2.75) is 25.8 Å². The van der Waals surface area contributed by atoms with Crippen molar-refractivity contribution in [2.24, 2.45) is 5.73 Å². The standard InChI is InChI=1S/C17H17FN2O/c1-10-6-13(9-14(18)7-10)17(19)12-2-4-15-11(8-12)3-5-16(21)20-15/h2,4,6-9,17H,3,5,19H2,1H3,(H,20,21). The predicted octanol–water partition coefficient (Wildman–Crippen LogP) is 3.07. The lowest BCUT2D eigenvalue weighted by Crippen LogP contribution is -2.20. The Morgan fingerprint density at radius 1 is 1.14 bits per heavy atom. The van der Waals surface area contributed by atoms with Gasteiger partial charge >= 0.3 is 0 Å². The summed E-state index contributed by atoms with van der Waals surface area (Å²) in [5, 5.41) is 2.84. The minimum Gasteiger partial charge on any atom is -0.326 e. The number of carbonyl (C=O) groups excluding carboxylic acids is 1. The third-order valence-electron chi connectivity index (χ3n) is 3.81. The molecule has 3 rings (SSSR count). The maximum absolute atomic E-state index is 13.5. The van der Waals surface area contributed by atoms with E-state index in [4.69, 9.17) is 5.73 Å². The van der Waals surface area contributed by atoms with Crippen molar-refractivity contribution in [3.05, 3.63) is 64.5 Å². The molecule has 0 spiro atoms. The molecule has 0 bridgehead atoms. The van der Waals surface area contributed by atoms with Gasteiger partial charge in [0.05, 0.1) is 6.04 Å². The van der Waals surface area contributed by atoms with Gasteiger partial charge in [-0.15, -0.1) is 0 Å². The fraction of sp³-hybridized carbons (Fsp3) is 0.235. The third kappa shape index (κ3) is 2.81. The summed E-state index contributed by atoms with van der Waals surface area (Å²) in [6, 6.07) is 10.2. The third-order valence-corrected chi connectivity index (χ3v) is 3.81. The number of nitrogens with two attached hydrogens (primary N) is 1. The molecule has 4 heteroatoms. The molecule has 1 aliphatic rings. The molecule has 1 atom stereocenters. The van der Waals surface area contributed by atoms with E-state index < -0.39 is 0 Å². The molecule has 3 N–H and O–H groups in total. The highest BCUT2D eigenvalue weighted by atomic mass is 19.1. The normalized spacial score (nSPS) is 15.3. The number of amides is 1. The number of anilines is 1. The van der Waals surface area contributed by atoms with E-state index in [2.05, 4.69) is 5.32 Å². The first-order valence-corrected chi connectivity index (χ1v) is 6.98. The van der Waals surface area contributed by atoms with Crippen LogP contribution in [0.1, 0.15) is 34.7 Å². The Kier molecular flexibility index (Phi) is 3.47. The molecule has 0 fully saturated rings. The lowest BCUT2D eigenvalue weighted by molar-refractivity contribution is -0.116. The van der Waals surface area contributed by atoms with Gasteiger partial charge in [0.1, 0.15) is 5.82 Å². The quantitative estimate of drug-likeness (QED) is 0.890. The van der Waals surface area contributed by atoms with E-state index in [-0.39, 0.29) is 17.8 Å². The first-order chi connectivity index (χ1) is 10.0. The molecule has 0 aliphatic carbocycles. The predicted molar refractivity (Wildman–Crippen MR) is 80.6 cm³/mol. The van der Waals surface area contributed by atoms with Gasteiger partial charge in [-0.3, -0.25) is 4.79 Å². The molecule has 0 radical (unpaired) electrons. The second-order valence-electron chi connectivity index (χ2n) is 5.50.